The molecule has 0 bridgehead atoms. The van der Waals surface area contributed by atoms with Crippen LogP contribution in [0.25, 0.3) is 0 Å². The van der Waals surface area contributed by atoms with Crippen LogP contribution in [0, 0.1) is 6.92 Å². The Morgan fingerprint density at radius 2 is 2.00 bits per heavy atom. The van der Waals surface area contributed by atoms with Gasteiger partial charge in [-0.3, -0.25) is 0 Å². The number of nitrogens with zero attached hydrogens (tertiary/aromatic N) is 4. The van der Waals surface area contributed by atoms with Crippen molar-refractivity contribution < 1.29 is 18.3 Å². The molecule has 172 valence electrons. The Kier molecular flexibility index (Phi) is 9.99. The van der Waals surface area contributed by atoms with Crippen molar-refractivity contribution >= 4 is 5.96 Å². The molecule has 0 atom stereocenters. The molecule has 8 nitrogen and oxygen atoms in total. The van der Waals surface area contributed by atoms with Crippen LogP contribution in [-0.2, 0) is 20.1 Å². The van der Waals surface area contributed by atoms with E-state index >= 15 is 0 Å². The number of aryl methyl sites for hydroxylation is 1. The van der Waals surface area contributed by atoms with E-state index in [1.165, 1.54) is 6.07 Å². The lowest BCUT2D eigenvalue weighted by Gasteiger charge is -2.14. The van der Waals surface area contributed by atoms with Gasteiger partial charge in [-0.2, -0.15) is 8.78 Å². The monoisotopic (exact) mass is 438 g/mol. The van der Waals surface area contributed by atoms with Gasteiger partial charge in [0.25, 0.3) is 0 Å². The van der Waals surface area contributed by atoms with Crippen molar-refractivity contribution in [3.8, 4) is 11.5 Å². The second-order valence-corrected chi connectivity index (χ2v) is 7.02. The second-order valence-electron chi connectivity index (χ2n) is 7.02. The zero-order chi connectivity index (χ0) is 22.6. The van der Waals surface area contributed by atoms with Gasteiger partial charge >= 0.3 is 6.61 Å². The van der Waals surface area contributed by atoms with E-state index in [4.69, 9.17) is 9.47 Å². The molecule has 1 aromatic carbocycles. The van der Waals surface area contributed by atoms with Crippen LogP contribution in [0.1, 0.15) is 50.3 Å². The molecule has 2 aromatic rings. The van der Waals surface area contributed by atoms with Gasteiger partial charge in [0, 0.05) is 25.2 Å². The molecule has 0 fully saturated rings. The number of benzene rings is 1. The molecule has 0 amide bonds. The predicted molar refractivity (Wildman–Crippen MR) is 115 cm³/mol. The number of alkyl halides is 2. The Morgan fingerprint density at radius 3 is 2.65 bits per heavy atom. The number of rotatable bonds is 12. The molecule has 0 saturated heterocycles. The van der Waals surface area contributed by atoms with E-state index < -0.39 is 6.61 Å². The van der Waals surface area contributed by atoms with Gasteiger partial charge in [0.1, 0.15) is 17.3 Å². The van der Waals surface area contributed by atoms with Gasteiger partial charge in [0.2, 0.25) is 0 Å². The van der Waals surface area contributed by atoms with Crippen LogP contribution in [0.3, 0.4) is 0 Å². The molecule has 2 N–H and O–H groups in total. The summed E-state index contributed by atoms with van der Waals surface area (Å²) in [5.74, 6) is 2.69. The summed E-state index contributed by atoms with van der Waals surface area (Å²) in [5, 5.41) is 14.7. The molecule has 0 saturated carbocycles. The fourth-order valence-electron chi connectivity index (χ4n) is 2.67. The van der Waals surface area contributed by atoms with Gasteiger partial charge in [-0.05, 0) is 31.9 Å². The quantitative estimate of drug-likeness (QED) is 0.300. The third kappa shape index (κ3) is 8.03. The number of guanidine groups is 1. The molecule has 0 spiro atoms. The first-order chi connectivity index (χ1) is 14.9. The minimum absolute atomic E-state index is 0.0594. The van der Waals surface area contributed by atoms with Crippen molar-refractivity contribution in [3.05, 3.63) is 35.4 Å². The first-order valence-electron chi connectivity index (χ1n) is 10.5. The lowest BCUT2D eigenvalue weighted by Crippen LogP contribution is -2.38. The molecule has 1 aromatic heterocycles. The van der Waals surface area contributed by atoms with Crippen molar-refractivity contribution in [2.75, 3.05) is 13.2 Å². The van der Waals surface area contributed by atoms with Gasteiger partial charge in [0.05, 0.1) is 19.7 Å². The van der Waals surface area contributed by atoms with Gasteiger partial charge < -0.3 is 24.7 Å². The summed E-state index contributed by atoms with van der Waals surface area (Å²) in [5.41, 5.74) is 0.537. The standard InChI is InChI=1S/C21H32F2N6O2/c1-5-7-10-24-21(26-14-19-28-27-15(3)29(19)4)25-13-16-8-9-17(30-11-6-2)12-18(16)31-20(22)23/h8-9,12,20H,5-7,10-11,13-14H2,1-4H3,(H2,24,25,26). The zero-order valence-corrected chi connectivity index (χ0v) is 18.6. The predicted octanol–water partition coefficient (Wildman–Crippen LogP) is 3.55. The van der Waals surface area contributed by atoms with Crippen LogP contribution in [-0.4, -0.2) is 40.5 Å². The average molecular weight is 439 g/mol. The average Bonchev–Trinajstić information content (AvgIpc) is 3.06. The van der Waals surface area contributed by atoms with Crippen molar-refractivity contribution in [1.29, 1.82) is 0 Å². The highest BCUT2D eigenvalue weighted by molar-refractivity contribution is 5.79. The summed E-state index contributed by atoms with van der Waals surface area (Å²) in [6.45, 7) is 4.86. The molecule has 0 aliphatic rings. The van der Waals surface area contributed by atoms with Crippen molar-refractivity contribution in [1.82, 2.24) is 25.4 Å². The molecule has 0 aliphatic heterocycles. The first kappa shape index (κ1) is 24.4. The smallest absolute Gasteiger partial charge is 0.387 e. The first-order valence-corrected chi connectivity index (χ1v) is 10.5. The van der Waals surface area contributed by atoms with Gasteiger partial charge in [-0.1, -0.05) is 20.3 Å². The highest BCUT2D eigenvalue weighted by Gasteiger charge is 2.12. The Hall–Kier alpha value is -2.91. The maximum atomic E-state index is 12.9. The maximum absolute atomic E-state index is 12.9. The molecular formula is C21H32F2N6O2. The third-order valence-corrected chi connectivity index (χ3v) is 4.55. The number of unbranched alkanes of at least 4 members (excludes halogenated alkanes) is 1. The number of aliphatic imine (C=N–C) groups is 1. The fraction of sp³-hybridized carbons (Fsp3) is 0.571. The number of ether oxygens (including phenoxy) is 2. The Labute approximate surface area is 182 Å². The Bertz CT molecular complexity index is 841. The van der Waals surface area contributed by atoms with E-state index in [1.54, 1.807) is 12.1 Å². The summed E-state index contributed by atoms with van der Waals surface area (Å²) in [6.07, 6.45) is 2.84. The summed E-state index contributed by atoms with van der Waals surface area (Å²) >= 11 is 0. The fourth-order valence-corrected chi connectivity index (χ4v) is 2.67. The summed E-state index contributed by atoms with van der Waals surface area (Å²) < 4.78 is 37.9. The minimum atomic E-state index is -2.93. The van der Waals surface area contributed by atoms with Crippen LogP contribution in [0.4, 0.5) is 8.78 Å². The van der Waals surface area contributed by atoms with Crippen LogP contribution in [0.5, 0.6) is 11.5 Å². The van der Waals surface area contributed by atoms with Crippen molar-refractivity contribution in [2.24, 2.45) is 12.0 Å². The number of hydrogen-bond acceptors (Lipinski definition) is 5. The van der Waals surface area contributed by atoms with Crippen LogP contribution in [0.2, 0.25) is 0 Å². The highest BCUT2D eigenvalue weighted by atomic mass is 19.3. The molecule has 10 heteroatoms. The Balaban J connectivity index is 2.14. The largest absolute Gasteiger partial charge is 0.493 e. The molecule has 0 aliphatic carbocycles. The number of halogens is 2. The highest BCUT2D eigenvalue weighted by Crippen LogP contribution is 2.27. The van der Waals surface area contributed by atoms with Gasteiger partial charge in [-0.25, -0.2) is 4.99 Å². The molecular weight excluding hydrogens is 406 g/mol. The molecule has 31 heavy (non-hydrogen) atoms. The van der Waals surface area contributed by atoms with Gasteiger partial charge in [-0.15, -0.1) is 10.2 Å². The second kappa shape index (κ2) is 12.7. The Morgan fingerprint density at radius 1 is 1.19 bits per heavy atom. The van der Waals surface area contributed by atoms with E-state index in [-0.39, 0.29) is 12.3 Å². The lowest BCUT2D eigenvalue weighted by atomic mass is 10.2. The normalized spacial score (nSPS) is 11.6. The van der Waals surface area contributed by atoms with E-state index in [0.717, 1.165) is 37.5 Å². The van der Waals surface area contributed by atoms with E-state index in [0.29, 0.717) is 30.4 Å². The van der Waals surface area contributed by atoms with E-state index in [9.17, 15) is 8.78 Å². The van der Waals surface area contributed by atoms with Crippen LogP contribution < -0.4 is 20.1 Å². The summed E-state index contributed by atoms with van der Waals surface area (Å²) in [6, 6.07) is 4.91. The molecule has 1 heterocycles. The van der Waals surface area contributed by atoms with E-state index in [2.05, 4.69) is 32.7 Å². The zero-order valence-electron chi connectivity index (χ0n) is 18.6. The maximum Gasteiger partial charge on any atom is 0.387 e. The minimum Gasteiger partial charge on any atom is -0.493 e. The summed E-state index contributed by atoms with van der Waals surface area (Å²) in [4.78, 5) is 4.55. The number of aromatic nitrogens is 3. The van der Waals surface area contributed by atoms with Crippen molar-refractivity contribution in [2.45, 2.75) is 59.7 Å². The molecule has 0 unspecified atom stereocenters. The van der Waals surface area contributed by atoms with Crippen LogP contribution >= 0.6 is 0 Å². The number of hydrogen-bond donors (Lipinski definition) is 2. The summed E-state index contributed by atoms with van der Waals surface area (Å²) in [7, 11) is 1.89. The van der Waals surface area contributed by atoms with E-state index in [1.807, 2.05) is 25.5 Å². The third-order valence-electron chi connectivity index (χ3n) is 4.55. The molecule has 2 rings (SSSR count). The van der Waals surface area contributed by atoms with Crippen LogP contribution in [0.15, 0.2) is 23.2 Å². The molecule has 0 radical (unpaired) electrons. The topological polar surface area (TPSA) is 85.6 Å². The van der Waals surface area contributed by atoms with Gasteiger partial charge in [0.15, 0.2) is 11.8 Å². The SMILES string of the molecule is CCCCNC(=NCc1ccc(OCCC)cc1OC(F)F)NCc1nnc(C)n1C. The number of nitrogens with one attached hydrogen (secondary N) is 2. The lowest BCUT2D eigenvalue weighted by molar-refractivity contribution is -0.0505. The van der Waals surface area contributed by atoms with Crippen molar-refractivity contribution in [3.63, 3.8) is 0 Å².